The molecule has 3 aliphatic carbocycles. The second-order valence-electron chi connectivity index (χ2n) is 5.02. The van der Waals surface area contributed by atoms with Crippen molar-refractivity contribution in [3.63, 3.8) is 0 Å². The molecule has 0 aromatic carbocycles. The number of aliphatic hydroxyl groups excluding tert-OH is 1. The van der Waals surface area contributed by atoms with Gasteiger partial charge in [-0.2, -0.15) is 0 Å². The van der Waals surface area contributed by atoms with Crippen LogP contribution in [0.3, 0.4) is 0 Å². The normalized spacial score (nSPS) is 53.5. The highest BCUT2D eigenvalue weighted by atomic mass is 16.3. The van der Waals surface area contributed by atoms with Crippen LogP contribution in [-0.2, 0) is 0 Å². The zero-order valence-electron chi connectivity index (χ0n) is 7.67. The predicted molar refractivity (Wildman–Crippen MR) is 45.2 cm³/mol. The second-order valence-corrected chi connectivity index (χ2v) is 5.02. The van der Waals surface area contributed by atoms with E-state index in [9.17, 15) is 5.11 Å². The summed E-state index contributed by atoms with van der Waals surface area (Å²) < 4.78 is 0. The summed E-state index contributed by atoms with van der Waals surface area (Å²) in [4.78, 5) is 0. The van der Waals surface area contributed by atoms with E-state index < -0.39 is 0 Å². The Morgan fingerprint density at radius 2 is 1.91 bits per heavy atom. The number of rotatable bonds is 0. The molecule has 3 saturated carbocycles. The third-order valence-corrected chi connectivity index (χ3v) is 4.31. The van der Waals surface area contributed by atoms with Crippen molar-refractivity contribution < 1.29 is 5.11 Å². The Morgan fingerprint density at radius 1 is 1.27 bits per heavy atom. The molecule has 0 spiro atoms. The topological polar surface area (TPSA) is 20.2 Å². The van der Waals surface area contributed by atoms with Gasteiger partial charge in [0, 0.05) is 0 Å². The van der Waals surface area contributed by atoms with Gasteiger partial charge in [-0.25, -0.2) is 0 Å². The molecule has 1 heteroatoms. The third kappa shape index (κ3) is 0.807. The van der Waals surface area contributed by atoms with Gasteiger partial charge < -0.3 is 5.11 Å². The molecule has 0 amide bonds. The van der Waals surface area contributed by atoms with E-state index in [4.69, 9.17) is 0 Å². The maximum absolute atomic E-state index is 9.61. The van der Waals surface area contributed by atoms with E-state index in [2.05, 4.69) is 20.8 Å². The van der Waals surface area contributed by atoms with Gasteiger partial charge in [0.2, 0.25) is 0 Å². The van der Waals surface area contributed by atoms with Crippen LogP contribution in [0.5, 0.6) is 0 Å². The lowest BCUT2D eigenvalue weighted by Gasteiger charge is -2.61. The van der Waals surface area contributed by atoms with Crippen molar-refractivity contribution in [2.75, 3.05) is 0 Å². The smallest absolute Gasteiger partial charge is 0.0571 e. The van der Waals surface area contributed by atoms with Gasteiger partial charge in [-0.15, -0.1) is 0 Å². The van der Waals surface area contributed by atoms with E-state index in [-0.39, 0.29) is 6.10 Å². The summed E-state index contributed by atoms with van der Waals surface area (Å²) in [5, 5.41) is 9.61. The molecule has 1 nitrogen and oxygen atoms in total. The lowest BCUT2D eigenvalue weighted by atomic mass is 9.45. The Hall–Kier alpha value is -0.0400. The summed E-state index contributed by atoms with van der Waals surface area (Å²) in [5.74, 6) is 2.13. The zero-order valence-corrected chi connectivity index (χ0v) is 7.67. The van der Waals surface area contributed by atoms with Crippen molar-refractivity contribution >= 4 is 0 Å². The average Bonchev–Trinajstić information content (AvgIpc) is 1.93. The monoisotopic (exact) mass is 154 g/mol. The van der Waals surface area contributed by atoms with Crippen LogP contribution in [0.15, 0.2) is 0 Å². The number of hydrogen-bond donors (Lipinski definition) is 1. The Morgan fingerprint density at radius 3 is 2.27 bits per heavy atom. The highest BCUT2D eigenvalue weighted by Gasteiger charge is 2.55. The molecule has 0 saturated heterocycles. The molecule has 64 valence electrons. The minimum Gasteiger partial charge on any atom is -0.393 e. The first-order valence-corrected chi connectivity index (χ1v) is 4.71. The highest BCUT2D eigenvalue weighted by Crippen LogP contribution is 2.61. The minimum absolute atomic E-state index is 0.00762. The van der Waals surface area contributed by atoms with Crippen LogP contribution in [0.25, 0.3) is 0 Å². The molecule has 2 bridgehead atoms. The molecule has 4 atom stereocenters. The summed E-state index contributed by atoms with van der Waals surface area (Å²) in [6.07, 6.45) is 2.40. The zero-order chi connectivity index (χ0) is 8.22. The van der Waals surface area contributed by atoms with E-state index >= 15 is 0 Å². The van der Waals surface area contributed by atoms with Gasteiger partial charge in [0.1, 0.15) is 0 Å². The maximum atomic E-state index is 9.61. The SMILES string of the molecule is C[C@H]1[C@@H](O)C[C@@H]2C[C@@H]1C2(C)C. The molecule has 1 N–H and O–H groups in total. The van der Waals surface area contributed by atoms with Gasteiger partial charge in [-0.3, -0.25) is 0 Å². The summed E-state index contributed by atoms with van der Waals surface area (Å²) in [6, 6.07) is 0. The van der Waals surface area contributed by atoms with Crippen molar-refractivity contribution in [2.45, 2.75) is 39.7 Å². The minimum atomic E-state index is -0.00762. The Balaban J connectivity index is 2.17. The second kappa shape index (κ2) is 2.01. The molecule has 0 aliphatic heterocycles. The van der Waals surface area contributed by atoms with Crippen molar-refractivity contribution in [1.29, 1.82) is 0 Å². The Kier molecular flexibility index (Phi) is 1.39. The number of fused-ring (bicyclic) bond motifs is 2. The van der Waals surface area contributed by atoms with Gasteiger partial charge in [0.25, 0.3) is 0 Å². The summed E-state index contributed by atoms with van der Waals surface area (Å²) in [6.45, 7) is 6.91. The molecule has 0 aromatic rings. The third-order valence-electron chi connectivity index (χ3n) is 4.31. The lowest BCUT2D eigenvalue weighted by molar-refractivity contribution is -0.154. The molecule has 0 radical (unpaired) electrons. The maximum Gasteiger partial charge on any atom is 0.0571 e. The van der Waals surface area contributed by atoms with E-state index in [1.54, 1.807) is 0 Å². The summed E-state index contributed by atoms with van der Waals surface area (Å²) >= 11 is 0. The van der Waals surface area contributed by atoms with E-state index in [0.717, 1.165) is 18.3 Å². The van der Waals surface area contributed by atoms with Crippen molar-refractivity contribution in [2.24, 2.45) is 23.2 Å². The van der Waals surface area contributed by atoms with Crippen LogP contribution >= 0.6 is 0 Å². The molecule has 11 heavy (non-hydrogen) atoms. The summed E-state index contributed by atoms with van der Waals surface area (Å²) in [7, 11) is 0. The first kappa shape index (κ1) is 7.60. The van der Waals surface area contributed by atoms with Crippen LogP contribution in [0.1, 0.15) is 33.6 Å². The average molecular weight is 154 g/mol. The Labute approximate surface area is 68.8 Å². The van der Waals surface area contributed by atoms with Gasteiger partial charge in [-0.1, -0.05) is 20.8 Å². The Bertz CT molecular complexity index is 174. The van der Waals surface area contributed by atoms with Crippen LogP contribution in [0.2, 0.25) is 0 Å². The van der Waals surface area contributed by atoms with E-state index in [1.165, 1.54) is 6.42 Å². The molecular formula is C10H18O. The predicted octanol–water partition coefficient (Wildman–Crippen LogP) is 2.05. The van der Waals surface area contributed by atoms with Crippen LogP contribution in [-0.4, -0.2) is 11.2 Å². The lowest BCUT2D eigenvalue weighted by Crippen LogP contribution is -2.56. The van der Waals surface area contributed by atoms with Crippen molar-refractivity contribution in [1.82, 2.24) is 0 Å². The van der Waals surface area contributed by atoms with Crippen LogP contribution < -0.4 is 0 Å². The van der Waals surface area contributed by atoms with Crippen molar-refractivity contribution in [3.8, 4) is 0 Å². The highest BCUT2D eigenvalue weighted by molar-refractivity contribution is 5.04. The fraction of sp³-hybridized carbons (Fsp3) is 1.00. The van der Waals surface area contributed by atoms with Gasteiger partial charge in [0.15, 0.2) is 0 Å². The molecule has 3 fully saturated rings. The molecular weight excluding hydrogens is 136 g/mol. The molecule has 0 unspecified atom stereocenters. The fourth-order valence-electron chi connectivity index (χ4n) is 3.12. The summed E-state index contributed by atoms with van der Waals surface area (Å²) in [5.41, 5.74) is 0.526. The number of hydrogen-bond acceptors (Lipinski definition) is 1. The number of aliphatic hydroxyl groups is 1. The molecule has 3 rings (SSSR count). The largest absolute Gasteiger partial charge is 0.393 e. The van der Waals surface area contributed by atoms with Crippen molar-refractivity contribution in [3.05, 3.63) is 0 Å². The molecule has 0 heterocycles. The standard InChI is InChI=1S/C10H18O/c1-6-8-4-7(5-9(6)11)10(8,2)3/h6-9,11H,4-5H2,1-3H3/t6-,7+,8+,9+/m1/s1. The van der Waals surface area contributed by atoms with Crippen LogP contribution in [0.4, 0.5) is 0 Å². The molecule has 0 aromatic heterocycles. The fourth-order valence-corrected chi connectivity index (χ4v) is 3.12. The van der Waals surface area contributed by atoms with Crippen LogP contribution in [0, 0.1) is 23.2 Å². The van der Waals surface area contributed by atoms with E-state index in [0.29, 0.717) is 11.3 Å². The first-order valence-electron chi connectivity index (χ1n) is 4.71. The quantitative estimate of drug-likeness (QED) is 0.566. The molecule has 3 aliphatic rings. The van der Waals surface area contributed by atoms with E-state index in [1.807, 2.05) is 0 Å². The van der Waals surface area contributed by atoms with Gasteiger partial charge in [0.05, 0.1) is 6.10 Å². The van der Waals surface area contributed by atoms with Gasteiger partial charge in [-0.05, 0) is 36.0 Å². The first-order chi connectivity index (χ1) is 5.03. The van der Waals surface area contributed by atoms with Gasteiger partial charge >= 0.3 is 0 Å².